The van der Waals surface area contributed by atoms with E-state index in [0.717, 1.165) is 33.1 Å². The molecule has 2 N–H and O–H groups in total. The quantitative estimate of drug-likeness (QED) is 0.382. The molecule has 0 bridgehead atoms. The summed E-state index contributed by atoms with van der Waals surface area (Å²) in [7, 11) is 3.41. The number of aromatic nitrogens is 3. The van der Waals surface area contributed by atoms with Crippen LogP contribution in [0.3, 0.4) is 0 Å². The number of methoxy groups -OCH3 is 1. The first-order valence-corrected chi connectivity index (χ1v) is 11.3. The molecule has 5 rings (SSSR count). The lowest BCUT2D eigenvalue weighted by molar-refractivity contribution is -0.119. The molecule has 0 fully saturated rings. The number of nitrogens with two attached hydrogens (primary N) is 1. The molecular weight excluding hydrogens is 457 g/mol. The Balaban J connectivity index is 1.70. The smallest absolute Gasteiger partial charge is 0.225 e. The molecule has 5 aromatic rings. The number of carbonyl (C=O) groups excluding carboxylic acids is 1. The average Bonchev–Trinajstić information content (AvgIpc) is 3.24. The highest BCUT2D eigenvalue weighted by Crippen LogP contribution is 2.37. The molecule has 0 aliphatic heterocycles. The Kier molecular flexibility index (Phi) is 5.82. The summed E-state index contributed by atoms with van der Waals surface area (Å²) in [5.74, 6) is -0.993. The summed E-state index contributed by atoms with van der Waals surface area (Å²) in [6, 6.07) is 19.0. The van der Waals surface area contributed by atoms with Gasteiger partial charge in [-0.15, -0.1) is 0 Å². The Morgan fingerprint density at radius 2 is 1.89 bits per heavy atom. The van der Waals surface area contributed by atoms with Crippen molar-refractivity contribution in [1.29, 1.82) is 5.26 Å². The lowest BCUT2D eigenvalue weighted by Crippen LogP contribution is -2.23. The van der Waals surface area contributed by atoms with Crippen LogP contribution in [0.5, 0.6) is 5.75 Å². The van der Waals surface area contributed by atoms with E-state index in [-0.39, 0.29) is 12.2 Å². The van der Waals surface area contributed by atoms with Gasteiger partial charge in [0.15, 0.2) is 0 Å². The Morgan fingerprint density at radius 3 is 2.53 bits per heavy atom. The number of primary amides is 1. The molecule has 178 valence electrons. The Hall–Kier alpha value is -4.77. The van der Waals surface area contributed by atoms with Crippen LogP contribution in [0.25, 0.3) is 33.1 Å². The van der Waals surface area contributed by atoms with Gasteiger partial charge in [-0.2, -0.15) is 10.4 Å². The maximum atomic E-state index is 13.5. The Labute approximate surface area is 206 Å². The van der Waals surface area contributed by atoms with E-state index in [1.165, 1.54) is 12.1 Å². The molecular formula is C28H22FN5O2. The number of fused-ring (bicyclic) bond motifs is 3. The van der Waals surface area contributed by atoms with E-state index in [1.807, 2.05) is 31.3 Å². The zero-order valence-electron chi connectivity index (χ0n) is 19.7. The van der Waals surface area contributed by atoms with Crippen LogP contribution in [0.1, 0.15) is 22.6 Å². The summed E-state index contributed by atoms with van der Waals surface area (Å²) in [6.45, 7) is 0. The SMILES string of the molecule is COc1cc2ncc3c(c(-c4ccc(C#N)cc4)nn3C)c2cc1CC(C(N)=O)c1ccc(F)cc1. The second-order valence-electron chi connectivity index (χ2n) is 8.57. The van der Waals surface area contributed by atoms with Crippen LogP contribution < -0.4 is 10.5 Å². The van der Waals surface area contributed by atoms with Crippen molar-refractivity contribution in [3.63, 3.8) is 0 Å². The third kappa shape index (κ3) is 4.01. The molecule has 0 saturated heterocycles. The van der Waals surface area contributed by atoms with Gasteiger partial charge in [0.05, 0.1) is 41.9 Å². The van der Waals surface area contributed by atoms with E-state index in [1.54, 1.807) is 42.3 Å². The van der Waals surface area contributed by atoms with E-state index >= 15 is 0 Å². The van der Waals surface area contributed by atoms with Gasteiger partial charge in [0.2, 0.25) is 5.91 Å². The molecule has 2 heterocycles. The summed E-state index contributed by atoms with van der Waals surface area (Å²) < 4.78 is 20.9. The largest absolute Gasteiger partial charge is 0.496 e. The van der Waals surface area contributed by atoms with Gasteiger partial charge < -0.3 is 10.5 Å². The van der Waals surface area contributed by atoms with Crippen molar-refractivity contribution in [2.45, 2.75) is 12.3 Å². The molecule has 0 saturated carbocycles. The van der Waals surface area contributed by atoms with Crippen LogP contribution in [-0.4, -0.2) is 27.8 Å². The number of halogens is 1. The van der Waals surface area contributed by atoms with Gasteiger partial charge in [-0.3, -0.25) is 14.5 Å². The zero-order chi connectivity index (χ0) is 25.4. The van der Waals surface area contributed by atoms with Crippen LogP contribution >= 0.6 is 0 Å². The predicted octanol–water partition coefficient (Wildman–Crippen LogP) is 4.62. The summed E-state index contributed by atoms with van der Waals surface area (Å²) in [6.07, 6.45) is 2.03. The lowest BCUT2D eigenvalue weighted by Gasteiger charge is -2.17. The Bertz CT molecular complexity index is 1650. The monoisotopic (exact) mass is 479 g/mol. The number of hydrogen-bond acceptors (Lipinski definition) is 5. The van der Waals surface area contributed by atoms with Crippen molar-refractivity contribution in [3.05, 3.63) is 89.4 Å². The van der Waals surface area contributed by atoms with Crippen molar-refractivity contribution >= 4 is 27.7 Å². The van der Waals surface area contributed by atoms with Gasteiger partial charge in [-0.05, 0) is 47.9 Å². The molecule has 0 aliphatic rings. The predicted molar refractivity (Wildman–Crippen MR) is 135 cm³/mol. The average molecular weight is 480 g/mol. The first-order valence-electron chi connectivity index (χ1n) is 11.3. The van der Waals surface area contributed by atoms with E-state index in [9.17, 15) is 9.18 Å². The Morgan fingerprint density at radius 1 is 1.17 bits per heavy atom. The van der Waals surface area contributed by atoms with E-state index < -0.39 is 11.8 Å². The molecule has 1 amide bonds. The van der Waals surface area contributed by atoms with Crippen LogP contribution in [-0.2, 0) is 18.3 Å². The minimum atomic E-state index is -0.670. The number of amides is 1. The number of pyridine rings is 1. The first-order chi connectivity index (χ1) is 17.4. The van der Waals surface area contributed by atoms with Crippen LogP contribution in [0, 0.1) is 17.1 Å². The summed E-state index contributed by atoms with van der Waals surface area (Å²) in [5, 5.41) is 15.6. The number of nitriles is 1. The topological polar surface area (TPSA) is 107 Å². The third-order valence-electron chi connectivity index (χ3n) is 6.41. The fourth-order valence-electron chi connectivity index (χ4n) is 4.55. The van der Waals surface area contributed by atoms with E-state index in [2.05, 4.69) is 11.1 Å². The van der Waals surface area contributed by atoms with E-state index in [4.69, 9.17) is 20.8 Å². The number of rotatable bonds is 6. The minimum absolute atomic E-state index is 0.267. The van der Waals surface area contributed by atoms with Crippen molar-refractivity contribution in [2.75, 3.05) is 7.11 Å². The molecule has 0 aliphatic carbocycles. The standard InChI is InChI=1S/C28H22FN5O2/c1-34-24-15-32-23-13-25(36-2)19(11-21(28(31)35)17-7-9-20(29)10-8-17)12-22(23)26(24)27(33-34)18-5-3-16(14-30)4-6-18/h3-10,12-13,15,21H,11H2,1-2H3,(H2,31,35). The normalized spacial score (nSPS) is 11.9. The molecule has 8 heteroatoms. The molecule has 1 atom stereocenters. The number of hydrogen-bond donors (Lipinski definition) is 1. The van der Waals surface area contributed by atoms with Crippen LogP contribution in [0.4, 0.5) is 4.39 Å². The zero-order valence-corrected chi connectivity index (χ0v) is 19.7. The number of ether oxygens (including phenoxy) is 1. The fraction of sp³-hybridized carbons (Fsp3) is 0.143. The number of nitrogens with zero attached hydrogens (tertiary/aromatic N) is 4. The van der Waals surface area contributed by atoms with Crippen molar-refractivity contribution in [2.24, 2.45) is 12.8 Å². The van der Waals surface area contributed by atoms with Crippen molar-refractivity contribution in [3.8, 4) is 23.1 Å². The maximum Gasteiger partial charge on any atom is 0.225 e. The highest BCUT2D eigenvalue weighted by Gasteiger charge is 2.23. The summed E-state index contributed by atoms with van der Waals surface area (Å²) in [5.41, 5.74) is 10.9. The third-order valence-corrected chi connectivity index (χ3v) is 6.41. The molecule has 0 spiro atoms. The number of benzene rings is 3. The highest BCUT2D eigenvalue weighted by molar-refractivity contribution is 6.11. The molecule has 36 heavy (non-hydrogen) atoms. The minimum Gasteiger partial charge on any atom is -0.496 e. The lowest BCUT2D eigenvalue weighted by atomic mass is 9.90. The second-order valence-corrected chi connectivity index (χ2v) is 8.57. The first kappa shape index (κ1) is 23.0. The van der Waals surface area contributed by atoms with Gasteiger partial charge in [-0.25, -0.2) is 4.39 Å². The summed E-state index contributed by atoms with van der Waals surface area (Å²) >= 11 is 0. The molecule has 7 nitrogen and oxygen atoms in total. The fourth-order valence-corrected chi connectivity index (χ4v) is 4.55. The van der Waals surface area contributed by atoms with Gasteiger partial charge in [-0.1, -0.05) is 24.3 Å². The summed E-state index contributed by atoms with van der Waals surface area (Å²) in [4.78, 5) is 17.0. The highest BCUT2D eigenvalue weighted by atomic mass is 19.1. The van der Waals surface area contributed by atoms with Crippen LogP contribution in [0.15, 0.2) is 66.9 Å². The van der Waals surface area contributed by atoms with Gasteiger partial charge in [0.25, 0.3) is 0 Å². The van der Waals surface area contributed by atoms with Gasteiger partial charge >= 0.3 is 0 Å². The van der Waals surface area contributed by atoms with Crippen LogP contribution in [0.2, 0.25) is 0 Å². The molecule has 1 unspecified atom stereocenters. The van der Waals surface area contributed by atoms with Crippen molar-refractivity contribution < 1.29 is 13.9 Å². The second kappa shape index (κ2) is 9.12. The molecule has 2 aromatic heterocycles. The molecule has 3 aromatic carbocycles. The number of carbonyl (C=O) groups is 1. The van der Waals surface area contributed by atoms with Gasteiger partial charge in [0, 0.05) is 29.4 Å². The number of aryl methyl sites for hydroxylation is 1. The van der Waals surface area contributed by atoms with Gasteiger partial charge in [0.1, 0.15) is 17.3 Å². The van der Waals surface area contributed by atoms with Crippen molar-refractivity contribution in [1.82, 2.24) is 14.8 Å². The maximum absolute atomic E-state index is 13.5. The van der Waals surface area contributed by atoms with E-state index in [0.29, 0.717) is 22.4 Å². The molecule has 0 radical (unpaired) electrons.